The van der Waals surface area contributed by atoms with Crippen molar-refractivity contribution in [3.05, 3.63) is 54.4 Å². The molecule has 1 unspecified atom stereocenters. The molecule has 0 aliphatic rings. The zero-order valence-electron chi connectivity index (χ0n) is 21.9. The number of amides is 1. The van der Waals surface area contributed by atoms with Crippen molar-refractivity contribution >= 4 is 5.91 Å². The second-order valence-electron chi connectivity index (χ2n) is 9.00. The van der Waals surface area contributed by atoms with Crippen LogP contribution in [0.3, 0.4) is 0 Å². The Hall–Kier alpha value is -1.83. The summed E-state index contributed by atoms with van der Waals surface area (Å²) < 4.78 is 13.5. The van der Waals surface area contributed by atoms with Crippen molar-refractivity contribution in [2.24, 2.45) is 0 Å². The van der Waals surface area contributed by atoms with E-state index >= 15 is 0 Å². The molecule has 0 aliphatic carbocycles. The van der Waals surface area contributed by atoms with Gasteiger partial charge in [0.1, 0.15) is 11.5 Å². The lowest BCUT2D eigenvalue weighted by molar-refractivity contribution is -0.727. The standard InChI is InChI=1S/C29H44N2O3.HI/c1-4-6-7-8-9-10-11-12-13-17-22-34-26-19-18-25(27(24-26)33-3)23-29(32)30-28(5-2)31-20-15-14-16-21-31;/h14-16,18-21,24,28H,4-13,17,22-23H2,1-3H3;1H. The largest absolute Gasteiger partial charge is 1.00 e. The van der Waals surface area contributed by atoms with Crippen LogP contribution >= 0.6 is 0 Å². The van der Waals surface area contributed by atoms with Crippen LogP contribution in [0.4, 0.5) is 0 Å². The van der Waals surface area contributed by atoms with E-state index < -0.39 is 0 Å². The van der Waals surface area contributed by atoms with Gasteiger partial charge in [-0.1, -0.05) is 83.8 Å². The second kappa shape index (κ2) is 19.4. The topological polar surface area (TPSA) is 51.4 Å². The van der Waals surface area contributed by atoms with E-state index in [4.69, 9.17) is 9.47 Å². The van der Waals surface area contributed by atoms with Crippen molar-refractivity contribution in [3.8, 4) is 11.5 Å². The highest BCUT2D eigenvalue weighted by Crippen LogP contribution is 2.25. The van der Waals surface area contributed by atoms with Crippen LogP contribution in [-0.2, 0) is 11.2 Å². The highest BCUT2D eigenvalue weighted by Gasteiger charge is 2.19. The van der Waals surface area contributed by atoms with Crippen molar-refractivity contribution in [1.82, 2.24) is 5.32 Å². The Morgan fingerprint density at radius 3 is 2.14 bits per heavy atom. The number of nitrogens with zero attached hydrogens (tertiary/aromatic N) is 1. The number of hydrogen-bond acceptors (Lipinski definition) is 3. The lowest BCUT2D eigenvalue weighted by Crippen LogP contribution is -3.00. The summed E-state index contributed by atoms with van der Waals surface area (Å²) in [6.45, 7) is 5.04. The molecular formula is C29H45IN2O3. The van der Waals surface area contributed by atoms with Crippen LogP contribution < -0.4 is 43.3 Å². The average Bonchev–Trinajstić information content (AvgIpc) is 2.87. The Balaban J connectivity index is 0.00000612. The normalized spacial score (nSPS) is 11.4. The number of hydrogen-bond donors (Lipinski definition) is 1. The van der Waals surface area contributed by atoms with E-state index in [1.165, 1.54) is 57.8 Å². The number of unbranched alkanes of at least 4 members (excludes halogenated alkanes) is 9. The van der Waals surface area contributed by atoms with Gasteiger partial charge in [0.25, 0.3) is 0 Å². The van der Waals surface area contributed by atoms with Crippen LogP contribution in [0, 0.1) is 0 Å². The quantitative estimate of drug-likeness (QED) is 0.163. The Morgan fingerprint density at radius 2 is 1.54 bits per heavy atom. The van der Waals surface area contributed by atoms with E-state index in [1.807, 2.05) is 53.4 Å². The molecule has 1 heterocycles. The van der Waals surface area contributed by atoms with Gasteiger partial charge in [0.2, 0.25) is 12.1 Å². The SMILES string of the molecule is CCCCCCCCCCCCOc1ccc(CC(=O)NC(CC)[n+]2ccccc2)c(OC)c1.[I-]. The highest BCUT2D eigenvalue weighted by molar-refractivity contribution is 5.79. The van der Waals surface area contributed by atoms with Gasteiger partial charge in [0.15, 0.2) is 12.4 Å². The van der Waals surface area contributed by atoms with E-state index in [0.717, 1.165) is 24.2 Å². The Labute approximate surface area is 230 Å². The van der Waals surface area contributed by atoms with Crippen LogP contribution in [0.2, 0.25) is 0 Å². The lowest BCUT2D eigenvalue weighted by Gasteiger charge is -2.14. The Bertz CT molecular complexity index is 817. The molecule has 35 heavy (non-hydrogen) atoms. The van der Waals surface area contributed by atoms with Gasteiger partial charge in [0, 0.05) is 30.2 Å². The summed E-state index contributed by atoms with van der Waals surface area (Å²) in [5.74, 6) is 1.46. The summed E-state index contributed by atoms with van der Waals surface area (Å²) in [5, 5.41) is 3.11. The molecule has 1 aromatic carbocycles. The van der Waals surface area contributed by atoms with E-state index in [1.54, 1.807) is 7.11 Å². The number of aromatic nitrogens is 1. The van der Waals surface area contributed by atoms with Crippen molar-refractivity contribution in [2.45, 2.75) is 97.1 Å². The summed E-state index contributed by atoms with van der Waals surface area (Å²) in [6.07, 6.45) is 18.1. The van der Waals surface area contributed by atoms with Gasteiger partial charge in [-0.25, -0.2) is 0 Å². The minimum absolute atomic E-state index is 0. The third-order valence-corrected chi connectivity index (χ3v) is 6.19. The number of benzene rings is 1. The molecule has 2 aromatic rings. The molecule has 1 N–H and O–H groups in total. The molecule has 0 bridgehead atoms. The van der Waals surface area contributed by atoms with E-state index in [0.29, 0.717) is 12.4 Å². The first-order chi connectivity index (χ1) is 16.7. The maximum Gasteiger partial charge on any atom is 0.233 e. The van der Waals surface area contributed by atoms with Crippen molar-refractivity contribution < 1.29 is 42.8 Å². The highest BCUT2D eigenvalue weighted by atomic mass is 127. The number of halogens is 1. The number of ether oxygens (including phenoxy) is 2. The molecule has 2 rings (SSSR count). The van der Waals surface area contributed by atoms with Gasteiger partial charge in [-0.15, -0.1) is 0 Å². The average molecular weight is 597 g/mol. The van der Waals surface area contributed by atoms with Crippen molar-refractivity contribution in [3.63, 3.8) is 0 Å². The Kier molecular flexibility index (Phi) is 17.3. The molecule has 0 saturated heterocycles. The van der Waals surface area contributed by atoms with Crippen molar-refractivity contribution in [1.29, 1.82) is 0 Å². The molecule has 0 fully saturated rings. The molecule has 1 aromatic heterocycles. The molecule has 0 saturated carbocycles. The zero-order chi connectivity index (χ0) is 24.4. The predicted octanol–water partition coefficient (Wildman–Crippen LogP) is 3.55. The van der Waals surface area contributed by atoms with Crippen LogP contribution in [0.1, 0.15) is 96.2 Å². The number of pyridine rings is 1. The monoisotopic (exact) mass is 596 g/mol. The van der Waals surface area contributed by atoms with Gasteiger partial charge in [-0.3, -0.25) is 10.1 Å². The predicted molar refractivity (Wildman–Crippen MR) is 138 cm³/mol. The molecular weight excluding hydrogens is 551 g/mol. The smallest absolute Gasteiger partial charge is 0.233 e. The molecule has 0 aliphatic heterocycles. The fourth-order valence-electron chi connectivity index (χ4n) is 4.16. The van der Waals surface area contributed by atoms with E-state index in [9.17, 15) is 4.79 Å². The number of methoxy groups -OCH3 is 1. The Morgan fingerprint density at radius 1 is 0.914 bits per heavy atom. The fraction of sp³-hybridized carbons (Fsp3) is 0.586. The minimum atomic E-state index is -0.0663. The maximum absolute atomic E-state index is 12.7. The first-order valence-electron chi connectivity index (χ1n) is 13.2. The van der Waals surface area contributed by atoms with Crippen molar-refractivity contribution in [2.75, 3.05) is 13.7 Å². The molecule has 0 radical (unpaired) electrons. The van der Waals surface area contributed by atoms with Gasteiger partial charge in [-0.05, 0) is 12.5 Å². The molecule has 196 valence electrons. The number of rotatable bonds is 18. The number of carbonyl (C=O) groups is 1. The second-order valence-corrected chi connectivity index (χ2v) is 9.00. The summed E-state index contributed by atoms with van der Waals surface area (Å²) in [5.41, 5.74) is 0.860. The summed E-state index contributed by atoms with van der Waals surface area (Å²) >= 11 is 0. The van der Waals surface area contributed by atoms with E-state index in [2.05, 4.69) is 19.2 Å². The number of nitrogens with one attached hydrogen (secondary N) is 1. The van der Waals surface area contributed by atoms with Crippen LogP contribution in [0.15, 0.2) is 48.8 Å². The molecule has 1 atom stereocenters. The lowest BCUT2D eigenvalue weighted by atomic mass is 10.1. The first kappa shape index (κ1) is 31.2. The van der Waals surface area contributed by atoms with Gasteiger partial charge >= 0.3 is 0 Å². The van der Waals surface area contributed by atoms with Gasteiger partial charge in [-0.2, -0.15) is 4.57 Å². The van der Waals surface area contributed by atoms with Gasteiger partial charge < -0.3 is 33.5 Å². The minimum Gasteiger partial charge on any atom is -1.00 e. The summed E-state index contributed by atoms with van der Waals surface area (Å²) in [4.78, 5) is 12.7. The third kappa shape index (κ3) is 12.6. The fourth-order valence-corrected chi connectivity index (χ4v) is 4.16. The third-order valence-electron chi connectivity index (χ3n) is 6.19. The van der Waals surface area contributed by atoms with Crippen LogP contribution in [0.5, 0.6) is 11.5 Å². The molecule has 5 nitrogen and oxygen atoms in total. The summed E-state index contributed by atoms with van der Waals surface area (Å²) in [7, 11) is 1.64. The molecule has 0 spiro atoms. The van der Waals surface area contributed by atoms with Crippen LogP contribution in [0.25, 0.3) is 0 Å². The molecule has 1 amide bonds. The summed E-state index contributed by atoms with van der Waals surface area (Å²) in [6, 6.07) is 11.7. The van der Waals surface area contributed by atoms with Crippen LogP contribution in [-0.4, -0.2) is 19.6 Å². The van der Waals surface area contributed by atoms with Gasteiger partial charge in [0.05, 0.1) is 20.1 Å². The maximum atomic E-state index is 12.7. The zero-order valence-corrected chi connectivity index (χ0v) is 24.1. The molecule has 6 heteroatoms. The first-order valence-corrected chi connectivity index (χ1v) is 13.2. The van der Waals surface area contributed by atoms with E-state index in [-0.39, 0.29) is 42.5 Å². The number of carbonyl (C=O) groups excluding carboxylic acids is 1.